The molecule has 1 aromatic carbocycles. The summed E-state index contributed by atoms with van der Waals surface area (Å²) in [4.78, 5) is 0. The molecular formula is C8H10ClF2N. The maximum atomic E-state index is 12.0. The molecule has 0 aromatic heterocycles. The molecule has 0 atom stereocenters. The lowest BCUT2D eigenvalue weighted by Crippen LogP contribution is -1.96. The van der Waals surface area contributed by atoms with Crippen LogP contribution in [0.5, 0.6) is 0 Å². The molecule has 0 amide bonds. The van der Waals surface area contributed by atoms with Crippen LogP contribution in [-0.2, 0) is 6.54 Å². The number of benzene rings is 1. The molecule has 0 saturated heterocycles. The van der Waals surface area contributed by atoms with E-state index in [2.05, 4.69) is 0 Å². The van der Waals surface area contributed by atoms with Gasteiger partial charge in [-0.25, -0.2) is 8.78 Å². The van der Waals surface area contributed by atoms with Gasteiger partial charge in [-0.15, -0.1) is 12.4 Å². The topological polar surface area (TPSA) is 26.0 Å². The minimum absolute atomic E-state index is 0. The summed E-state index contributed by atoms with van der Waals surface area (Å²) in [7, 11) is 0. The molecule has 12 heavy (non-hydrogen) atoms. The van der Waals surface area contributed by atoms with Gasteiger partial charge in [0.15, 0.2) is 0 Å². The fourth-order valence-electron chi connectivity index (χ4n) is 0.856. The highest BCUT2D eigenvalue weighted by atomic mass is 35.5. The van der Waals surface area contributed by atoms with Crippen LogP contribution in [-0.4, -0.2) is 0 Å². The van der Waals surface area contributed by atoms with Crippen LogP contribution in [0.4, 0.5) is 8.78 Å². The Kier molecular flexibility index (Phi) is 4.78. The quantitative estimate of drug-likeness (QED) is 0.768. The fraction of sp³-hybridized carbons (Fsp3) is 0.250. The molecular weight excluding hydrogens is 184 g/mol. The Morgan fingerprint density at radius 3 is 2.50 bits per heavy atom. The van der Waals surface area contributed by atoms with Crippen molar-refractivity contribution in [1.29, 1.82) is 0 Å². The van der Waals surface area contributed by atoms with E-state index in [1.165, 1.54) is 12.1 Å². The lowest BCUT2D eigenvalue weighted by Gasteiger charge is -2.00. The maximum absolute atomic E-state index is 12.0. The Bertz CT molecular complexity index is 240. The number of hydrogen-bond donors (Lipinski definition) is 1. The van der Waals surface area contributed by atoms with Gasteiger partial charge in [0.25, 0.3) is 6.43 Å². The molecule has 1 aromatic rings. The van der Waals surface area contributed by atoms with E-state index in [4.69, 9.17) is 5.73 Å². The first-order chi connectivity index (χ1) is 5.24. The predicted octanol–water partition coefficient (Wildman–Crippen LogP) is 2.50. The zero-order chi connectivity index (χ0) is 8.27. The Labute approximate surface area is 76.0 Å². The largest absolute Gasteiger partial charge is 0.326 e. The second kappa shape index (κ2) is 5.06. The first-order valence-electron chi connectivity index (χ1n) is 3.31. The van der Waals surface area contributed by atoms with E-state index >= 15 is 0 Å². The molecule has 68 valence electrons. The Morgan fingerprint density at radius 1 is 1.33 bits per heavy atom. The predicted molar refractivity (Wildman–Crippen MR) is 46.5 cm³/mol. The molecule has 0 aliphatic heterocycles. The summed E-state index contributed by atoms with van der Waals surface area (Å²) in [6, 6.07) is 6.13. The van der Waals surface area contributed by atoms with Crippen molar-refractivity contribution < 1.29 is 8.78 Å². The molecule has 4 heteroatoms. The van der Waals surface area contributed by atoms with Gasteiger partial charge in [0.1, 0.15) is 0 Å². The van der Waals surface area contributed by atoms with Crippen molar-refractivity contribution in [3.63, 3.8) is 0 Å². The third-order valence-electron chi connectivity index (χ3n) is 1.44. The van der Waals surface area contributed by atoms with Crippen LogP contribution in [0, 0.1) is 0 Å². The van der Waals surface area contributed by atoms with E-state index < -0.39 is 6.43 Å². The summed E-state index contributed by atoms with van der Waals surface area (Å²) in [6.45, 7) is 0.306. The molecule has 1 nitrogen and oxygen atoms in total. The molecule has 0 aliphatic carbocycles. The van der Waals surface area contributed by atoms with Crippen molar-refractivity contribution in [2.24, 2.45) is 5.73 Å². The SMILES string of the molecule is Cl.NCc1cccc(C(F)F)c1. The number of halogens is 3. The van der Waals surface area contributed by atoms with Crippen molar-refractivity contribution >= 4 is 12.4 Å². The Hall–Kier alpha value is -0.670. The average Bonchev–Trinajstić information content (AvgIpc) is 2.05. The van der Waals surface area contributed by atoms with Crippen LogP contribution >= 0.6 is 12.4 Å². The summed E-state index contributed by atoms with van der Waals surface area (Å²) in [6.07, 6.45) is -2.40. The zero-order valence-corrected chi connectivity index (χ0v) is 7.15. The summed E-state index contributed by atoms with van der Waals surface area (Å²) < 4.78 is 24.1. The number of hydrogen-bond acceptors (Lipinski definition) is 1. The van der Waals surface area contributed by atoms with Gasteiger partial charge in [0, 0.05) is 12.1 Å². The monoisotopic (exact) mass is 193 g/mol. The Morgan fingerprint density at radius 2 is 2.00 bits per heavy atom. The van der Waals surface area contributed by atoms with Crippen molar-refractivity contribution in [2.75, 3.05) is 0 Å². The van der Waals surface area contributed by atoms with Crippen LogP contribution in [0.1, 0.15) is 17.6 Å². The smallest absolute Gasteiger partial charge is 0.263 e. The minimum atomic E-state index is -2.40. The molecule has 0 unspecified atom stereocenters. The number of rotatable bonds is 2. The van der Waals surface area contributed by atoms with E-state index in [-0.39, 0.29) is 18.0 Å². The molecule has 0 fully saturated rings. The fourth-order valence-corrected chi connectivity index (χ4v) is 0.856. The van der Waals surface area contributed by atoms with Crippen molar-refractivity contribution in [2.45, 2.75) is 13.0 Å². The number of alkyl halides is 2. The average molecular weight is 194 g/mol. The summed E-state index contributed by atoms with van der Waals surface area (Å²) in [5.74, 6) is 0. The van der Waals surface area contributed by atoms with Crippen LogP contribution < -0.4 is 5.73 Å². The second-order valence-corrected chi connectivity index (χ2v) is 2.25. The highest BCUT2D eigenvalue weighted by molar-refractivity contribution is 5.85. The van der Waals surface area contributed by atoms with E-state index in [0.717, 1.165) is 5.56 Å². The third kappa shape index (κ3) is 2.75. The lowest BCUT2D eigenvalue weighted by molar-refractivity contribution is 0.151. The minimum Gasteiger partial charge on any atom is -0.326 e. The molecule has 0 aliphatic rings. The summed E-state index contributed by atoms with van der Waals surface area (Å²) in [5.41, 5.74) is 6.05. The van der Waals surface area contributed by atoms with Gasteiger partial charge >= 0.3 is 0 Å². The number of nitrogens with two attached hydrogens (primary N) is 1. The third-order valence-corrected chi connectivity index (χ3v) is 1.44. The molecule has 1 rings (SSSR count). The molecule has 0 spiro atoms. The Balaban J connectivity index is 0.00000121. The van der Waals surface area contributed by atoms with Gasteiger partial charge < -0.3 is 5.73 Å². The van der Waals surface area contributed by atoms with Crippen LogP contribution in [0.3, 0.4) is 0 Å². The van der Waals surface area contributed by atoms with Crippen molar-refractivity contribution in [1.82, 2.24) is 0 Å². The first kappa shape index (κ1) is 11.3. The molecule has 2 N–H and O–H groups in total. The maximum Gasteiger partial charge on any atom is 0.263 e. The van der Waals surface area contributed by atoms with Gasteiger partial charge in [-0.1, -0.05) is 18.2 Å². The molecule has 0 heterocycles. The van der Waals surface area contributed by atoms with Gasteiger partial charge in [0.05, 0.1) is 0 Å². The van der Waals surface area contributed by atoms with Gasteiger partial charge in [-0.05, 0) is 11.6 Å². The summed E-state index contributed by atoms with van der Waals surface area (Å²) >= 11 is 0. The van der Waals surface area contributed by atoms with Crippen molar-refractivity contribution in [3.05, 3.63) is 35.4 Å². The van der Waals surface area contributed by atoms with Crippen LogP contribution in [0.25, 0.3) is 0 Å². The highest BCUT2D eigenvalue weighted by Crippen LogP contribution is 2.18. The van der Waals surface area contributed by atoms with E-state index in [9.17, 15) is 8.78 Å². The summed E-state index contributed by atoms with van der Waals surface area (Å²) in [5, 5.41) is 0. The highest BCUT2D eigenvalue weighted by Gasteiger charge is 2.05. The van der Waals surface area contributed by atoms with E-state index in [0.29, 0.717) is 6.54 Å². The van der Waals surface area contributed by atoms with Gasteiger partial charge in [0.2, 0.25) is 0 Å². The molecule has 0 radical (unpaired) electrons. The van der Waals surface area contributed by atoms with Gasteiger partial charge in [-0.3, -0.25) is 0 Å². The van der Waals surface area contributed by atoms with Crippen LogP contribution in [0.15, 0.2) is 24.3 Å². The normalized spacial score (nSPS) is 9.67. The lowest BCUT2D eigenvalue weighted by atomic mass is 10.1. The standard InChI is InChI=1S/C8H9F2N.ClH/c9-8(10)7-3-1-2-6(4-7)5-11;/h1-4,8H,5,11H2;1H. The van der Waals surface area contributed by atoms with Gasteiger partial charge in [-0.2, -0.15) is 0 Å². The molecule has 0 bridgehead atoms. The first-order valence-corrected chi connectivity index (χ1v) is 3.31. The second-order valence-electron chi connectivity index (χ2n) is 2.25. The van der Waals surface area contributed by atoms with Crippen molar-refractivity contribution in [3.8, 4) is 0 Å². The zero-order valence-electron chi connectivity index (χ0n) is 6.34. The van der Waals surface area contributed by atoms with Crippen LogP contribution in [0.2, 0.25) is 0 Å². The van der Waals surface area contributed by atoms with E-state index in [1.54, 1.807) is 12.1 Å². The van der Waals surface area contributed by atoms with E-state index in [1.807, 2.05) is 0 Å². The molecule has 0 saturated carbocycles.